The van der Waals surface area contributed by atoms with Gasteiger partial charge in [0.25, 0.3) is 0 Å². The number of halogens is 1. The largest absolute Gasteiger partial charge is 0.392 e. The number of hydrogen-bond acceptors (Lipinski definition) is 4. The standard InChI is InChI=1S/C20H22FNO3S/c21-17-3-1-2-16(11-17)20(6-8-25-9-7-20)14-22-19(24)5-4-18-10-15(12-23)13-26-18/h1-5,10-11,13,23H,6-9,12,14H2,(H,22,24)/b5-4+. The Morgan fingerprint density at radius 3 is 2.85 bits per heavy atom. The van der Waals surface area contributed by atoms with Crippen molar-refractivity contribution in [3.8, 4) is 0 Å². The van der Waals surface area contributed by atoms with Crippen molar-refractivity contribution < 1.29 is 19.0 Å². The molecule has 1 amide bonds. The summed E-state index contributed by atoms with van der Waals surface area (Å²) in [6.07, 6.45) is 4.71. The van der Waals surface area contributed by atoms with Gasteiger partial charge >= 0.3 is 0 Å². The number of aliphatic hydroxyl groups excluding tert-OH is 1. The lowest BCUT2D eigenvalue weighted by Crippen LogP contribution is -2.44. The van der Waals surface area contributed by atoms with E-state index in [1.165, 1.54) is 23.5 Å². The maximum absolute atomic E-state index is 13.7. The average molecular weight is 375 g/mol. The highest BCUT2D eigenvalue weighted by molar-refractivity contribution is 7.11. The number of ether oxygens (including phenoxy) is 1. The Morgan fingerprint density at radius 2 is 2.15 bits per heavy atom. The highest BCUT2D eigenvalue weighted by atomic mass is 32.1. The van der Waals surface area contributed by atoms with Gasteiger partial charge in [0.05, 0.1) is 6.61 Å². The SMILES string of the molecule is O=C(/C=C/c1cc(CO)cs1)NCC1(c2cccc(F)c2)CCOCC1. The molecule has 0 spiro atoms. The van der Waals surface area contributed by atoms with E-state index >= 15 is 0 Å². The van der Waals surface area contributed by atoms with Crippen molar-refractivity contribution in [1.29, 1.82) is 0 Å². The normalized spacial score (nSPS) is 16.7. The molecule has 1 saturated heterocycles. The molecule has 1 fully saturated rings. The van der Waals surface area contributed by atoms with Crippen LogP contribution in [0.1, 0.15) is 28.8 Å². The van der Waals surface area contributed by atoms with Crippen LogP contribution in [0.5, 0.6) is 0 Å². The van der Waals surface area contributed by atoms with Crippen molar-refractivity contribution in [3.63, 3.8) is 0 Å². The molecule has 0 saturated carbocycles. The highest BCUT2D eigenvalue weighted by Gasteiger charge is 2.34. The first-order valence-corrected chi connectivity index (χ1v) is 9.47. The van der Waals surface area contributed by atoms with Gasteiger partial charge in [-0.25, -0.2) is 4.39 Å². The predicted octanol–water partition coefficient (Wildman–Crippen LogP) is 3.26. The van der Waals surface area contributed by atoms with Crippen LogP contribution in [0.15, 0.2) is 41.8 Å². The number of carbonyl (C=O) groups is 1. The average Bonchev–Trinajstić information content (AvgIpc) is 3.14. The van der Waals surface area contributed by atoms with Gasteiger partial charge in [0, 0.05) is 36.1 Å². The lowest BCUT2D eigenvalue weighted by molar-refractivity contribution is -0.116. The summed E-state index contributed by atoms with van der Waals surface area (Å²) in [5.41, 5.74) is 1.43. The number of amides is 1. The van der Waals surface area contributed by atoms with Gasteiger partial charge in [-0.1, -0.05) is 12.1 Å². The van der Waals surface area contributed by atoms with Crippen LogP contribution in [0.25, 0.3) is 6.08 Å². The van der Waals surface area contributed by atoms with E-state index in [2.05, 4.69) is 5.32 Å². The van der Waals surface area contributed by atoms with Crippen LogP contribution in [0, 0.1) is 5.82 Å². The van der Waals surface area contributed by atoms with Crippen molar-refractivity contribution in [1.82, 2.24) is 5.32 Å². The highest BCUT2D eigenvalue weighted by Crippen LogP contribution is 2.34. The molecule has 4 nitrogen and oxygen atoms in total. The van der Waals surface area contributed by atoms with Crippen molar-refractivity contribution in [2.24, 2.45) is 0 Å². The number of carbonyl (C=O) groups excluding carboxylic acids is 1. The van der Waals surface area contributed by atoms with Crippen molar-refractivity contribution in [2.75, 3.05) is 19.8 Å². The summed E-state index contributed by atoms with van der Waals surface area (Å²) in [5.74, 6) is -0.455. The van der Waals surface area contributed by atoms with Gasteiger partial charge in [-0.3, -0.25) is 4.79 Å². The van der Waals surface area contributed by atoms with Crippen LogP contribution in [-0.4, -0.2) is 30.8 Å². The fraction of sp³-hybridized carbons (Fsp3) is 0.350. The van der Waals surface area contributed by atoms with E-state index in [4.69, 9.17) is 9.84 Å². The van der Waals surface area contributed by atoms with E-state index in [0.717, 1.165) is 28.8 Å². The molecule has 1 aromatic carbocycles. The summed E-state index contributed by atoms with van der Waals surface area (Å²) in [6, 6.07) is 8.45. The third-order valence-electron chi connectivity index (χ3n) is 4.74. The van der Waals surface area contributed by atoms with Crippen LogP contribution in [0.4, 0.5) is 4.39 Å². The second-order valence-electron chi connectivity index (χ2n) is 6.47. The van der Waals surface area contributed by atoms with Gasteiger partial charge in [0.1, 0.15) is 5.82 Å². The quantitative estimate of drug-likeness (QED) is 0.762. The molecule has 1 aliphatic rings. The van der Waals surface area contributed by atoms with Crippen LogP contribution in [-0.2, 0) is 21.6 Å². The van der Waals surface area contributed by atoms with Crippen LogP contribution in [0.3, 0.4) is 0 Å². The number of benzene rings is 1. The number of thiophene rings is 1. The number of nitrogens with one attached hydrogen (secondary N) is 1. The third kappa shape index (κ3) is 4.58. The molecule has 138 valence electrons. The molecule has 2 heterocycles. The van der Waals surface area contributed by atoms with Crippen molar-refractivity contribution in [3.05, 3.63) is 63.6 Å². The Hall–Kier alpha value is -2.02. The summed E-state index contributed by atoms with van der Waals surface area (Å²) < 4.78 is 19.1. The second-order valence-corrected chi connectivity index (χ2v) is 7.41. The number of aliphatic hydroxyl groups is 1. The molecule has 2 aromatic rings. The molecule has 26 heavy (non-hydrogen) atoms. The predicted molar refractivity (Wildman–Crippen MR) is 100 cm³/mol. The van der Waals surface area contributed by atoms with Gasteiger partial charge in [-0.2, -0.15) is 0 Å². The van der Waals surface area contributed by atoms with Gasteiger partial charge < -0.3 is 15.2 Å². The topological polar surface area (TPSA) is 58.6 Å². The zero-order chi connectivity index (χ0) is 18.4. The second kappa shape index (κ2) is 8.58. The van der Waals surface area contributed by atoms with Crippen molar-refractivity contribution >= 4 is 23.3 Å². The van der Waals surface area contributed by atoms with E-state index in [9.17, 15) is 9.18 Å². The summed E-state index contributed by atoms with van der Waals surface area (Å²) in [7, 11) is 0. The Bertz CT molecular complexity index is 781. The zero-order valence-corrected chi connectivity index (χ0v) is 15.2. The molecule has 0 radical (unpaired) electrons. The van der Waals surface area contributed by atoms with Gasteiger partial charge in [0.15, 0.2) is 0 Å². The molecule has 1 aliphatic heterocycles. The molecule has 0 aliphatic carbocycles. The van der Waals surface area contributed by atoms with Crippen LogP contribution < -0.4 is 5.32 Å². The lowest BCUT2D eigenvalue weighted by Gasteiger charge is -2.37. The minimum absolute atomic E-state index is 0.00520. The molecule has 2 N–H and O–H groups in total. The minimum Gasteiger partial charge on any atom is -0.392 e. The first-order chi connectivity index (χ1) is 12.6. The van der Waals surface area contributed by atoms with E-state index in [1.54, 1.807) is 18.2 Å². The smallest absolute Gasteiger partial charge is 0.244 e. The fourth-order valence-electron chi connectivity index (χ4n) is 3.19. The molecule has 3 rings (SSSR count). The molecule has 0 bridgehead atoms. The van der Waals surface area contributed by atoms with E-state index in [-0.39, 0.29) is 23.7 Å². The summed E-state index contributed by atoms with van der Waals surface area (Å²) in [4.78, 5) is 13.1. The number of rotatable bonds is 6. The monoisotopic (exact) mass is 375 g/mol. The summed E-state index contributed by atoms with van der Waals surface area (Å²) in [6.45, 7) is 1.63. The zero-order valence-electron chi connectivity index (χ0n) is 14.4. The fourth-order valence-corrected chi connectivity index (χ4v) is 3.98. The minimum atomic E-state index is -0.309. The van der Waals surface area contributed by atoms with Gasteiger partial charge in [0.2, 0.25) is 5.91 Å². The van der Waals surface area contributed by atoms with Gasteiger partial charge in [-0.15, -0.1) is 11.3 Å². The summed E-state index contributed by atoms with van der Waals surface area (Å²) >= 11 is 1.47. The van der Waals surface area contributed by atoms with E-state index in [0.29, 0.717) is 19.8 Å². The molecular formula is C20H22FNO3S. The van der Waals surface area contributed by atoms with E-state index < -0.39 is 0 Å². The van der Waals surface area contributed by atoms with Crippen LogP contribution >= 0.6 is 11.3 Å². The molecular weight excluding hydrogens is 353 g/mol. The number of hydrogen-bond donors (Lipinski definition) is 2. The third-order valence-corrected chi connectivity index (χ3v) is 5.69. The Balaban J connectivity index is 1.67. The maximum Gasteiger partial charge on any atom is 0.244 e. The van der Waals surface area contributed by atoms with Crippen molar-refractivity contribution in [2.45, 2.75) is 24.9 Å². The Labute approximate surface area is 156 Å². The van der Waals surface area contributed by atoms with E-state index in [1.807, 2.05) is 17.5 Å². The first-order valence-electron chi connectivity index (χ1n) is 8.59. The maximum atomic E-state index is 13.7. The summed E-state index contributed by atoms with van der Waals surface area (Å²) in [5, 5.41) is 13.9. The Morgan fingerprint density at radius 1 is 1.35 bits per heavy atom. The first kappa shape index (κ1) is 18.8. The molecule has 0 atom stereocenters. The Kier molecular flexibility index (Phi) is 6.19. The molecule has 1 aromatic heterocycles. The molecule has 6 heteroatoms. The lowest BCUT2D eigenvalue weighted by atomic mass is 9.74. The molecule has 0 unspecified atom stereocenters. The van der Waals surface area contributed by atoms with Gasteiger partial charge in [-0.05, 0) is 53.6 Å². The van der Waals surface area contributed by atoms with Crippen LogP contribution in [0.2, 0.25) is 0 Å².